The Morgan fingerprint density at radius 2 is 2.07 bits per heavy atom. The Balaban J connectivity index is 1.91. The summed E-state index contributed by atoms with van der Waals surface area (Å²) >= 11 is 0. The van der Waals surface area contributed by atoms with Crippen molar-refractivity contribution in [3.8, 4) is 0 Å². The highest BCUT2D eigenvalue weighted by Gasteiger charge is 2.87. The molecule has 5 nitrogen and oxygen atoms in total. The van der Waals surface area contributed by atoms with Gasteiger partial charge in [0.15, 0.2) is 11.4 Å². The molecule has 0 aromatic heterocycles. The molecule has 2 saturated heterocycles. The molecule has 0 unspecified atom stereocenters. The fraction of sp³-hybridized carbons (Fsp3) is 1.00. The Morgan fingerprint density at radius 1 is 1.36 bits per heavy atom. The van der Waals surface area contributed by atoms with E-state index in [9.17, 15) is 5.11 Å². The van der Waals surface area contributed by atoms with E-state index in [1.54, 1.807) is 13.8 Å². The second kappa shape index (κ2) is 2.15. The van der Waals surface area contributed by atoms with Gasteiger partial charge in [0.25, 0.3) is 0 Å². The third-order valence-electron chi connectivity index (χ3n) is 3.21. The first-order chi connectivity index (χ1) is 6.45. The molecule has 80 valence electrons. The number of aliphatic hydroxyl groups is 2. The molecule has 0 bridgehead atoms. The molecule has 2 aliphatic heterocycles. The van der Waals surface area contributed by atoms with Gasteiger partial charge in [0.1, 0.15) is 12.2 Å². The molecule has 1 saturated carbocycles. The van der Waals surface area contributed by atoms with Crippen LogP contribution in [0.2, 0.25) is 0 Å². The first-order valence-electron chi connectivity index (χ1n) is 4.82. The van der Waals surface area contributed by atoms with Crippen LogP contribution in [0.5, 0.6) is 0 Å². The lowest BCUT2D eigenvalue weighted by Gasteiger charge is -2.29. The van der Waals surface area contributed by atoms with Gasteiger partial charge in [-0.2, -0.15) is 0 Å². The molecule has 2 N–H and O–H groups in total. The van der Waals surface area contributed by atoms with Crippen LogP contribution in [-0.4, -0.2) is 46.2 Å². The second-order valence-electron chi connectivity index (χ2n) is 4.71. The number of rotatable bonds is 1. The maximum absolute atomic E-state index is 9.90. The number of aliphatic hydroxyl groups excluding tert-OH is 2. The molecule has 0 aromatic rings. The van der Waals surface area contributed by atoms with Crippen LogP contribution < -0.4 is 0 Å². The van der Waals surface area contributed by atoms with Gasteiger partial charge in [-0.25, -0.2) is 0 Å². The average Bonchev–Trinajstić information content (AvgIpc) is 2.52. The monoisotopic (exact) mass is 202 g/mol. The highest BCUT2D eigenvalue weighted by atomic mass is 16.9. The van der Waals surface area contributed by atoms with E-state index in [1.807, 2.05) is 0 Å². The zero-order valence-electron chi connectivity index (χ0n) is 8.19. The van der Waals surface area contributed by atoms with Crippen LogP contribution in [0.15, 0.2) is 0 Å². The summed E-state index contributed by atoms with van der Waals surface area (Å²) in [5.74, 6) is -1.51. The standard InChI is InChI=1S/C9H14O5/c1-7(2)13-8-4-9(8,14-7)12-5(3-10)6(8)11/h5-6,10-11H,3-4H2,1-2H3/t5-,6+,8+,9+/m1/s1. The van der Waals surface area contributed by atoms with E-state index in [1.165, 1.54) is 0 Å². The van der Waals surface area contributed by atoms with E-state index in [0.717, 1.165) is 0 Å². The van der Waals surface area contributed by atoms with Gasteiger partial charge in [0, 0.05) is 6.42 Å². The lowest BCUT2D eigenvalue weighted by Crippen LogP contribution is -2.42. The van der Waals surface area contributed by atoms with Gasteiger partial charge in [-0.15, -0.1) is 0 Å². The van der Waals surface area contributed by atoms with Crippen LogP contribution >= 0.6 is 0 Å². The summed E-state index contributed by atoms with van der Waals surface area (Å²) in [7, 11) is 0. The summed E-state index contributed by atoms with van der Waals surface area (Å²) < 4.78 is 16.8. The summed E-state index contributed by atoms with van der Waals surface area (Å²) in [4.78, 5) is 0. The Labute approximate surface area is 81.6 Å². The van der Waals surface area contributed by atoms with Gasteiger partial charge in [0.2, 0.25) is 5.79 Å². The van der Waals surface area contributed by atoms with Crippen molar-refractivity contribution < 1.29 is 24.4 Å². The molecule has 0 radical (unpaired) electrons. The van der Waals surface area contributed by atoms with Gasteiger partial charge in [0.05, 0.1) is 6.61 Å². The Bertz CT molecular complexity index is 291. The van der Waals surface area contributed by atoms with Crippen molar-refractivity contribution in [2.45, 2.75) is 49.7 Å². The van der Waals surface area contributed by atoms with E-state index in [0.29, 0.717) is 6.42 Å². The zero-order valence-corrected chi connectivity index (χ0v) is 8.19. The zero-order chi connectivity index (χ0) is 10.2. The molecule has 3 rings (SSSR count). The topological polar surface area (TPSA) is 68.2 Å². The van der Waals surface area contributed by atoms with E-state index in [-0.39, 0.29) is 6.61 Å². The van der Waals surface area contributed by atoms with E-state index in [2.05, 4.69) is 0 Å². The fourth-order valence-electron chi connectivity index (χ4n) is 2.70. The maximum atomic E-state index is 9.90. The highest BCUT2D eigenvalue weighted by molar-refractivity contribution is 5.28. The minimum Gasteiger partial charge on any atom is -0.394 e. The van der Waals surface area contributed by atoms with Crippen molar-refractivity contribution in [3.63, 3.8) is 0 Å². The van der Waals surface area contributed by atoms with Crippen molar-refractivity contribution in [3.05, 3.63) is 0 Å². The molecule has 0 spiro atoms. The van der Waals surface area contributed by atoms with Crippen LogP contribution in [0.3, 0.4) is 0 Å². The predicted molar refractivity (Wildman–Crippen MR) is 44.3 cm³/mol. The van der Waals surface area contributed by atoms with Crippen molar-refractivity contribution in [2.75, 3.05) is 6.61 Å². The van der Waals surface area contributed by atoms with E-state index in [4.69, 9.17) is 19.3 Å². The smallest absolute Gasteiger partial charge is 0.207 e. The molecular weight excluding hydrogens is 188 g/mol. The van der Waals surface area contributed by atoms with Crippen molar-refractivity contribution in [1.82, 2.24) is 0 Å². The number of hydrogen-bond donors (Lipinski definition) is 2. The summed E-state index contributed by atoms with van der Waals surface area (Å²) in [6, 6.07) is 0. The van der Waals surface area contributed by atoms with Crippen LogP contribution in [-0.2, 0) is 14.2 Å². The van der Waals surface area contributed by atoms with Crippen LogP contribution in [0.1, 0.15) is 20.3 Å². The third kappa shape index (κ3) is 0.788. The molecule has 1 aliphatic carbocycles. The normalized spacial score (nSPS) is 58.3. The molecule has 14 heavy (non-hydrogen) atoms. The predicted octanol–water partition coefficient (Wildman–Crippen LogP) is -0.640. The second-order valence-corrected chi connectivity index (χ2v) is 4.71. The van der Waals surface area contributed by atoms with Crippen molar-refractivity contribution in [1.29, 1.82) is 0 Å². The van der Waals surface area contributed by atoms with Crippen LogP contribution in [0.4, 0.5) is 0 Å². The Hall–Kier alpha value is -0.200. The van der Waals surface area contributed by atoms with Crippen molar-refractivity contribution in [2.24, 2.45) is 0 Å². The SMILES string of the molecule is CC1(C)O[C@@]23C[C@]2(O1)[C@@H](O)[C@@H](CO)O3. The summed E-state index contributed by atoms with van der Waals surface area (Å²) in [5.41, 5.74) is -0.732. The minimum absolute atomic E-state index is 0.211. The van der Waals surface area contributed by atoms with Gasteiger partial charge < -0.3 is 24.4 Å². The van der Waals surface area contributed by atoms with Gasteiger partial charge >= 0.3 is 0 Å². The summed E-state index contributed by atoms with van der Waals surface area (Å²) in [6.07, 6.45) is -0.824. The quantitative estimate of drug-likeness (QED) is 0.592. The molecule has 0 aromatic carbocycles. The summed E-state index contributed by atoms with van der Waals surface area (Å²) in [5, 5.41) is 18.9. The van der Waals surface area contributed by atoms with E-state index >= 15 is 0 Å². The minimum atomic E-state index is -0.802. The summed E-state index contributed by atoms with van der Waals surface area (Å²) in [6.45, 7) is 3.37. The van der Waals surface area contributed by atoms with Gasteiger partial charge in [-0.3, -0.25) is 0 Å². The molecule has 4 atom stereocenters. The largest absolute Gasteiger partial charge is 0.394 e. The number of ether oxygens (including phenoxy) is 3. The lowest BCUT2D eigenvalue weighted by atomic mass is 10.1. The maximum Gasteiger partial charge on any atom is 0.207 e. The molecule has 5 heteroatoms. The van der Waals surface area contributed by atoms with E-state index < -0.39 is 29.4 Å². The first-order valence-corrected chi connectivity index (χ1v) is 4.82. The highest BCUT2D eigenvalue weighted by Crippen LogP contribution is 2.69. The van der Waals surface area contributed by atoms with Gasteiger partial charge in [-0.05, 0) is 13.8 Å². The Morgan fingerprint density at radius 3 is 2.64 bits per heavy atom. The molecule has 0 amide bonds. The lowest BCUT2D eigenvalue weighted by molar-refractivity contribution is -0.277. The molecule has 3 fully saturated rings. The fourth-order valence-corrected chi connectivity index (χ4v) is 2.70. The molecule has 3 aliphatic rings. The van der Waals surface area contributed by atoms with Crippen molar-refractivity contribution >= 4 is 0 Å². The third-order valence-corrected chi connectivity index (χ3v) is 3.21. The van der Waals surface area contributed by atoms with Gasteiger partial charge in [-0.1, -0.05) is 0 Å². The van der Waals surface area contributed by atoms with Crippen LogP contribution in [0, 0.1) is 0 Å². The number of hydrogen-bond acceptors (Lipinski definition) is 5. The molecular formula is C9H14O5. The average molecular weight is 202 g/mol. The van der Waals surface area contributed by atoms with Crippen LogP contribution in [0.25, 0.3) is 0 Å². The Kier molecular flexibility index (Phi) is 1.39. The first kappa shape index (κ1) is 9.06. The molecule has 2 heterocycles.